The Bertz CT molecular complexity index is 1440. The minimum atomic E-state index is -0.150. The van der Waals surface area contributed by atoms with Crippen LogP contribution in [0.5, 0.6) is 0 Å². The van der Waals surface area contributed by atoms with Crippen LogP contribution in [0.1, 0.15) is 16.7 Å². The van der Waals surface area contributed by atoms with Crippen molar-refractivity contribution in [2.75, 3.05) is 0 Å². The van der Waals surface area contributed by atoms with E-state index in [-0.39, 0.29) is 5.91 Å². The molecule has 4 nitrogen and oxygen atoms in total. The first-order valence-corrected chi connectivity index (χ1v) is 11.9. The van der Waals surface area contributed by atoms with Crippen LogP contribution in [-0.2, 0) is 11.3 Å². The number of nitrogens with one attached hydrogen (secondary N) is 1. The minimum Gasteiger partial charge on any atom is -0.342 e. The van der Waals surface area contributed by atoms with Crippen LogP contribution in [0.3, 0.4) is 0 Å². The molecule has 5 rings (SSSR count). The Labute approximate surface area is 205 Å². The molecule has 0 unspecified atom stereocenters. The molecule has 0 bridgehead atoms. The molecule has 1 N–H and O–H groups in total. The lowest BCUT2D eigenvalue weighted by atomic mass is 10.1. The average molecular weight is 492 g/mol. The summed E-state index contributed by atoms with van der Waals surface area (Å²) in [6.45, 7) is 2.63. The third kappa shape index (κ3) is 4.71. The Hall–Kier alpha value is -2.99. The standard InChI is InChI=1S/C26H19Cl2N3OS/c1-16-6-10-20(11-7-16)29-26-30-25(32)24(33-26)12-18-15-31(23-5-3-2-4-21(18)23)14-17-8-9-19(27)13-22(17)28/h2-13,15H,14H2,1H3,(H,29,30,32)/b24-12-. The summed E-state index contributed by atoms with van der Waals surface area (Å²) in [5.41, 5.74) is 4.97. The number of aryl methyl sites for hydroxylation is 1. The van der Waals surface area contributed by atoms with Gasteiger partial charge in [-0.3, -0.25) is 4.79 Å². The Morgan fingerprint density at radius 2 is 1.85 bits per heavy atom. The number of nitrogens with zero attached hydrogens (tertiary/aromatic N) is 2. The number of amidine groups is 1. The maximum absolute atomic E-state index is 12.6. The second kappa shape index (κ2) is 9.10. The molecule has 0 spiro atoms. The zero-order valence-corrected chi connectivity index (χ0v) is 20.0. The van der Waals surface area contributed by atoms with Crippen LogP contribution in [0.2, 0.25) is 10.0 Å². The van der Waals surface area contributed by atoms with Crippen molar-refractivity contribution in [3.63, 3.8) is 0 Å². The van der Waals surface area contributed by atoms with E-state index in [2.05, 4.69) is 27.0 Å². The summed E-state index contributed by atoms with van der Waals surface area (Å²) in [6, 6.07) is 21.5. The fraction of sp³-hybridized carbons (Fsp3) is 0.0769. The quantitative estimate of drug-likeness (QED) is 0.307. The van der Waals surface area contributed by atoms with Crippen molar-refractivity contribution in [1.82, 2.24) is 9.88 Å². The summed E-state index contributed by atoms with van der Waals surface area (Å²) in [5.74, 6) is -0.150. The van der Waals surface area contributed by atoms with Crippen LogP contribution in [-0.4, -0.2) is 15.6 Å². The van der Waals surface area contributed by atoms with Crippen LogP contribution in [0.4, 0.5) is 5.69 Å². The van der Waals surface area contributed by atoms with E-state index in [4.69, 9.17) is 23.2 Å². The van der Waals surface area contributed by atoms with E-state index in [9.17, 15) is 4.79 Å². The summed E-state index contributed by atoms with van der Waals surface area (Å²) in [6.07, 6.45) is 3.96. The van der Waals surface area contributed by atoms with E-state index in [1.165, 1.54) is 17.3 Å². The first-order valence-electron chi connectivity index (χ1n) is 10.3. The average Bonchev–Trinajstić information content (AvgIpc) is 3.32. The van der Waals surface area contributed by atoms with Gasteiger partial charge in [-0.2, -0.15) is 0 Å². The van der Waals surface area contributed by atoms with Crippen molar-refractivity contribution < 1.29 is 4.79 Å². The van der Waals surface area contributed by atoms with Gasteiger partial charge in [-0.1, -0.05) is 65.2 Å². The lowest BCUT2D eigenvalue weighted by Gasteiger charge is -2.08. The fourth-order valence-electron chi connectivity index (χ4n) is 3.71. The van der Waals surface area contributed by atoms with Crippen LogP contribution < -0.4 is 5.32 Å². The Morgan fingerprint density at radius 3 is 2.64 bits per heavy atom. The predicted octanol–water partition coefficient (Wildman–Crippen LogP) is 7.20. The van der Waals surface area contributed by atoms with Gasteiger partial charge in [-0.05, 0) is 60.7 Å². The van der Waals surface area contributed by atoms with Crippen molar-refractivity contribution in [2.45, 2.75) is 13.5 Å². The highest BCUT2D eigenvalue weighted by atomic mass is 35.5. The number of aliphatic imine (C=N–C) groups is 1. The predicted molar refractivity (Wildman–Crippen MR) is 139 cm³/mol. The van der Waals surface area contributed by atoms with Crippen molar-refractivity contribution in [1.29, 1.82) is 0 Å². The number of para-hydroxylation sites is 1. The molecule has 1 saturated heterocycles. The summed E-state index contributed by atoms with van der Waals surface area (Å²) in [5, 5.41) is 5.74. The van der Waals surface area contributed by atoms with Crippen molar-refractivity contribution in [3.8, 4) is 0 Å². The zero-order valence-electron chi connectivity index (χ0n) is 17.7. The number of fused-ring (bicyclic) bond motifs is 1. The Kier molecular flexibility index (Phi) is 6.02. The van der Waals surface area contributed by atoms with Gasteiger partial charge in [-0.25, -0.2) is 4.99 Å². The molecular weight excluding hydrogens is 473 g/mol. The summed E-state index contributed by atoms with van der Waals surface area (Å²) >= 11 is 13.8. The van der Waals surface area contributed by atoms with Gasteiger partial charge in [0.15, 0.2) is 5.17 Å². The number of rotatable bonds is 4. The molecule has 1 aromatic heterocycles. The molecule has 3 aromatic carbocycles. The maximum Gasteiger partial charge on any atom is 0.264 e. The van der Waals surface area contributed by atoms with Crippen LogP contribution in [0, 0.1) is 6.92 Å². The molecule has 1 aliphatic heterocycles. The van der Waals surface area contributed by atoms with E-state index < -0.39 is 0 Å². The fourth-order valence-corrected chi connectivity index (χ4v) is 5.01. The topological polar surface area (TPSA) is 46.4 Å². The van der Waals surface area contributed by atoms with Gasteiger partial charge in [0, 0.05) is 39.3 Å². The molecule has 2 heterocycles. The van der Waals surface area contributed by atoms with E-state index in [1.807, 2.05) is 67.7 Å². The van der Waals surface area contributed by atoms with Gasteiger partial charge in [0.25, 0.3) is 5.91 Å². The number of halogens is 2. The van der Waals surface area contributed by atoms with Crippen molar-refractivity contribution >= 4 is 68.7 Å². The molecule has 7 heteroatoms. The van der Waals surface area contributed by atoms with Crippen LogP contribution in [0.25, 0.3) is 17.0 Å². The molecule has 0 radical (unpaired) electrons. The molecule has 1 fully saturated rings. The second-order valence-corrected chi connectivity index (χ2v) is 9.66. The SMILES string of the molecule is Cc1ccc(N=C2NC(=O)/C(=C/c3cn(Cc4ccc(Cl)cc4Cl)c4ccccc34)S2)cc1. The Balaban J connectivity index is 1.47. The van der Waals surface area contributed by atoms with Crippen molar-refractivity contribution in [2.24, 2.45) is 4.99 Å². The molecule has 1 aliphatic rings. The molecular formula is C26H19Cl2N3OS. The number of carbonyl (C=O) groups is 1. The normalized spacial score (nSPS) is 16.2. The molecule has 0 saturated carbocycles. The summed E-state index contributed by atoms with van der Waals surface area (Å²) in [7, 11) is 0. The van der Waals surface area contributed by atoms with E-state index in [0.717, 1.165) is 27.7 Å². The zero-order chi connectivity index (χ0) is 22.9. The number of hydrogen-bond acceptors (Lipinski definition) is 3. The van der Waals surface area contributed by atoms with Gasteiger partial charge in [0.2, 0.25) is 0 Å². The molecule has 4 aromatic rings. The maximum atomic E-state index is 12.6. The van der Waals surface area contributed by atoms with E-state index in [1.54, 1.807) is 6.07 Å². The number of thioether (sulfide) groups is 1. The molecule has 0 aliphatic carbocycles. The van der Waals surface area contributed by atoms with Crippen molar-refractivity contribution in [3.05, 3.63) is 105 Å². The molecule has 164 valence electrons. The van der Waals surface area contributed by atoms with Crippen LogP contribution in [0.15, 0.2) is 82.8 Å². The van der Waals surface area contributed by atoms with Gasteiger partial charge in [-0.15, -0.1) is 0 Å². The van der Waals surface area contributed by atoms with Gasteiger partial charge >= 0.3 is 0 Å². The first-order chi connectivity index (χ1) is 16.0. The highest BCUT2D eigenvalue weighted by Crippen LogP contribution is 2.32. The summed E-state index contributed by atoms with van der Waals surface area (Å²) in [4.78, 5) is 17.8. The largest absolute Gasteiger partial charge is 0.342 e. The third-order valence-electron chi connectivity index (χ3n) is 5.38. The molecule has 1 amide bonds. The third-order valence-corrected chi connectivity index (χ3v) is 6.87. The van der Waals surface area contributed by atoms with Gasteiger partial charge < -0.3 is 9.88 Å². The van der Waals surface area contributed by atoms with Gasteiger partial charge in [0.05, 0.1) is 10.6 Å². The highest BCUT2D eigenvalue weighted by molar-refractivity contribution is 8.18. The Morgan fingerprint density at radius 1 is 1.06 bits per heavy atom. The van der Waals surface area contributed by atoms with Crippen LogP contribution >= 0.6 is 35.0 Å². The van der Waals surface area contributed by atoms with E-state index >= 15 is 0 Å². The number of aromatic nitrogens is 1. The number of carbonyl (C=O) groups excluding carboxylic acids is 1. The minimum absolute atomic E-state index is 0.150. The smallest absolute Gasteiger partial charge is 0.264 e. The monoisotopic (exact) mass is 491 g/mol. The highest BCUT2D eigenvalue weighted by Gasteiger charge is 2.24. The van der Waals surface area contributed by atoms with Gasteiger partial charge in [0.1, 0.15) is 0 Å². The lowest BCUT2D eigenvalue weighted by molar-refractivity contribution is -0.115. The first kappa shape index (κ1) is 21.8. The molecule has 33 heavy (non-hydrogen) atoms. The lowest BCUT2D eigenvalue weighted by Crippen LogP contribution is -2.19. The molecule has 0 atom stereocenters. The number of hydrogen-bond donors (Lipinski definition) is 1. The number of benzene rings is 3. The van der Waals surface area contributed by atoms with E-state index in [0.29, 0.717) is 26.7 Å². The summed E-state index contributed by atoms with van der Waals surface area (Å²) < 4.78 is 2.13. The number of amides is 1. The second-order valence-electron chi connectivity index (χ2n) is 7.78.